The van der Waals surface area contributed by atoms with E-state index < -0.39 is 0 Å². The molecule has 138 valence electrons. The molecule has 1 unspecified atom stereocenters. The minimum absolute atomic E-state index is 0.0754. The maximum Gasteiger partial charge on any atom is 0.251 e. The predicted molar refractivity (Wildman–Crippen MR) is 110 cm³/mol. The molecule has 0 fully saturated rings. The van der Waals surface area contributed by atoms with E-state index in [0.29, 0.717) is 23.0 Å². The highest BCUT2D eigenvalue weighted by molar-refractivity contribution is 6.30. The zero-order chi connectivity index (χ0) is 18.8. The number of halogens is 1. The molecule has 1 amide bonds. The van der Waals surface area contributed by atoms with E-state index >= 15 is 0 Å². The molecule has 0 saturated heterocycles. The first-order valence-corrected chi connectivity index (χ1v) is 9.67. The van der Waals surface area contributed by atoms with Gasteiger partial charge in [0.2, 0.25) is 0 Å². The number of rotatable bonds is 5. The number of carbonyl (C=O) groups is 1. The maximum atomic E-state index is 12.3. The highest BCUT2D eigenvalue weighted by Crippen LogP contribution is 2.41. The van der Waals surface area contributed by atoms with Gasteiger partial charge in [-0.05, 0) is 65.8 Å². The normalized spacial score (nSPS) is 15.6. The minimum atomic E-state index is -0.0754. The average Bonchev–Trinajstić information content (AvgIpc) is 2.69. The molecular weight excluding hydrogens is 358 g/mol. The number of carbonyl (C=O) groups excluding carboxylic acids is 1. The second-order valence-corrected chi connectivity index (χ2v) is 7.42. The molecule has 4 heteroatoms. The van der Waals surface area contributed by atoms with Crippen LogP contribution >= 0.6 is 11.6 Å². The van der Waals surface area contributed by atoms with Gasteiger partial charge in [-0.1, -0.05) is 41.9 Å². The van der Waals surface area contributed by atoms with E-state index in [1.165, 1.54) is 21.9 Å². The Bertz CT molecular complexity index is 999. The molecule has 0 bridgehead atoms. The van der Waals surface area contributed by atoms with Crippen LogP contribution in [-0.4, -0.2) is 19.6 Å². The van der Waals surface area contributed by atoms with Gasteiger partial charge in [-0.15, -0.1) is 0 Å². The highest BCUT2D eigenvalue weighted by atomic mass is 35.5. The number of nitrogens with one attached hydrogen (secondary N) is 1. The van der Waals surface area contributed by atoms with Gasteiger partial charge in [0.25, 0.3) is 5.91 Å². The number of hydrogen-bond donors (Lipinski definition) is 1. The molecule has 1 aliphatic carbocycles. The lowest BCUT2D eigenvalue weighted by Gasteiger charge is -2.27. The topological polar surface area (TPSA) is 38.3 Å². The van der Waals surface area contributed by atoms with Crippen LogP contribution in [0.5, 0.6) is 5.75 Å². The first-order valence-electron chi connectivity index (χ1n) is 9.29. The van der Waals surface area contributed by atoms with Crippen molar-refractivity contribution in [3.05, 3.63) is 76.3 Å². The summed E-state index contributed by atoms with van der Waals surface area (Å²) in [5.41, 5.74) is 3.28. The Morgan fingerprint density at radius 2 is 2.04 bits per heavy atom. The van der Waals surface area contributed by atoms with Crippen LogP contribution in [-0.2, 0) is 6.42 Å². The molecule has 1 N–H and O–H groups in total. The van der Waals surface area contributed by atoms with Crippen molar-refractivity contribution in [1.82, 2.24) is 5.32 Å². The van der Waals surface area contributed by atoms with E-state index in [-0.39, 0.29) is 5.91 Å². The Morgan fingerprint density at radius 3 is 2.85 bits per heavy atom. The highest BCUT2D eigenvalue weighted by Gasteiger charge is 2.23. The van der Waals surface area contributed by atoms with Gasteiger partial charge >= 0.3 is 0 Å². The van der Waals surface area contributed by atoms with Crippen LogP contribution in [0, 0.1) is 0 Å². The number of ether oxygens (including phenoxy) is 1. The number of aryl methyl sites for hydroxylation is 1. The Morgan fingerprint density at radius 1 is 1.19 bits per heavy atom. The third-order valence-corrected chi connectivity index (χ3v) is 5.65. The van der Waals surface area contributed by atoms with Crippen LogP contribution < -0.4 is 10.1 Å². The van der Waals surface area contributed by atoms with Crippen LogP contribution in [0.25, 0.3) is 10.8 Å². The van der Waals surface area contributed by atoms with E-state index in [9.17, 15) is 4.79 Å². The summed E-state index contributed by atoms with van der Waals surface area (Å²) in [7, 11) is 1.73. The van der Waals surface area contributed by atoms with Gasteiger partial charge in [0.15, 0.2) is 0 Å². The molecule has 0 aromatic heterocycles. The molecule has 4 rings (SSSR count). The van der Waals surface area contributed by atoms with Gasteiger partial charge in [0.1, 0.15) is 5.75 Å². The van der Waals surface area contributed by atoms with E-state index in [2.05, 4.69) is 35.6 Å². The van der Waals surface area contributed by atoms with Crippen molar-refractivity contribution in [3.63, 3.8) is 0 Å². The molecule has 1 aliphatic rings. The van der Waals surface area contributed by atoms with Crippen LogP contribution in [0.15, 0.2) is 54.6 Å². The van der Waals surface area contributed by atoms with Crippen LogP contribution in [0.2, 0.25) is 5.02 Å². The molecule has 3 aromatic rings. The minimum Gasteiger partial charge on any atom is -0.496 e. The van der Waals surface area contributed by atoms with Crippen molar-refractivity contribution in [2.45, 2.75) is 25.2 Å². The molecule has 1 atom stereocenters. The summed E-state index contributed by atoms with van der Waals surface area (Å²) in [5.74, 6) is 1.34. The van der Waals surface area contributed by atoms with Crippen LogP contribution in [0.4, 0.5) is 0 Å². The van der Waals surface area contributed by atoms with Crippen molar-refractivity contribution in [2.75, 3.05) is 13.7 Å². The predicted octanol–water partition coefficient (Wildman–Crippen LogP) is 5.35. The summed E-state index contributed by atoms with van der Waals surface area (Å²) in [6.45, 7) is 0.645. The van der Waals surface area contributed by atoms with Gasteiger partial charge in [-0.3, -0.25) is 4.79 Å². The number of benzene rings is 3. The molecule has 0 aliphatic heterocycles. The Balaban J connectivity index is 1.50. The number of amides is 1. The van der Waals surface area contributed by atoms with E-state index in [0.717, 1.165) is 25.0 Å². The molecule has 3 nitrogen and oxygen atoms in total. The van der Waals surface area contributed by atoms with Crippen molar-refractivity contribution < 1.29 is 9.53 Å². The van der Waals surface area contributed by atoms with Gasteiger partial charge < -0.3 is 10.1 Å². The molecule has 0 heterocycles. The smallest absolute Gasteiger partial charge is 0.251 e. The lowest BCUT2D eigenvalue weighted by Crippen LogP contribution is -2.26. The zero-order valence-corrected chi connectivity index (χ0v) is 16.1. The van der Waals surface area contributed by atoms with Crippen LogP contribution in [0.3, 0.4) is 0 Å². The monoisotopic (exact) mass is 379 g/mol. The lowest BCUT2D eigenvalue weighted by atomic mass is 9.79. The first-order chi connectivity index (χ1) is 13.2. The average molecular weight is 380 g/mol. The van der Waals surface area contributed by atoms with Crippen molar-refractivity contribution >= 4 is 28.3 Å². The largest absolute Gasteiger partial charge is 0.496 e. The standard InChI is InChI=1S/C23H22ClNO2/c1-27-21-11-9-16-4-3-7-19-15(8-10-20(21)22(16)19)12-13-25-23(26)17-5-2-6-18(24)14-17/h2-7,9,11,14-15H,8,10,12-13H2,1H3,(H,25,26). The Labute approximate surface area is 164 Å². The molecule has 3 aromatic carbocycles. The fourth-order valence-corrected chi connectivity index (χ4v) is 4.30. The summed E-state index contributed by atoms with van der Waals surface area (Å²) in [6, 6.07) is 17.7. The van der Waals surface area contributed by atoms with Gasteiger partial charge in [0, 0.05) is 22.7 Å². The fraction of sp³-hybridized carbons (Fsp3) is 0.261. The Hall–Kier alpha value is -2.52. The Kier molecular flexibility index (Phi) is 5.04. The van der Waals surface area contributed by atoms with E-state index in [1.54, 1.807) is 31.4 Å². The summed E-state index contributed by atoms with van der Waals surface area (Å²) in [4.78, 5) is 12.3. The zero-order valence-electron chi connectivity index (χ0n) is 15.3. The van der Waals surface area contributed by atoms with E-state index in [4.69, 9.17) is 16.3 Å². The molecule has 0 radical (unpaired) electrons. The third-order valence-electron chi connectivity index (χ3n) is 5.41. The maximum absolute atomic E-state index is 12.3. The van der Waals surface area contributed by atoms with Crippen molar-refractivity contribution in [3.8, 4) is 5.75 Å². The lowest BCUT2D eigenvalue weighted by molar-refractivity contribution is 0.0952. The van der Waals surface area contributed by atoms with Gasteiger partial charge in [-0.25, -0.2) is 0 Å². The number of methoxy groups -OCH3 is 1. The summed E-state index contributed by atoms with van der Waals surface area (Å²) in [5, 5.41) is 6.19. The number of hydrogen-bond acceptors (Lipinski definition) is 2. The summed E-state index contributed by atoms with van der Waals surface area (Å²) >= 11 is 5.97. The second-order valence-electron chi connectivity index (χ2n) is 6.98. The first kappa shape index (κ1) is 17.9. The van der Waals surface area contributed by atoms with Crippen molar-refractivity contribution in [1.29, 1.82) is 0 Å². The SMILES string of the molecule is COc1ccc2cccc3c2c1CCC3CCNC(=O)c1cccc(Cl)c1. The fourth-order valence-electron chi connectivity index (χ4n) is 4.11. The summed E-state index contributed by atoms with van der Waals surface area (Å²) < 4.78 is 5.57. The van der Waals surface area contributed by atoms with Gasteiger partial charge in [-0.2, -0.15) is 0 Å². The molecular formula is C23H22ClNO2. The van der Waals surface area contributed by atoms with Crippen LogP contribution in [0.1, 0.15) is 40.2 Å². The van der Waals surface area contributed by atoms with E-state index in [1.807, 2.05) is 0 Å². The van der Waals surface area contributed by atoms with Crippen molar-refractivity contribution in [2.24, 2.45) is 0 Å². The summed E-state index contributed by atoms with van der Waals surface area (Å²) in [6.07, 6.45) is 2.99. The second kappa shape index (κ2) is 7.61. The van der Waals surface area contributed by atoms with Gasteiger partial charge in [0.05, 0.1) is 7.11 Å². The quantitative estimate of drug-likeness (QED) is 0.648. The molecule has 0 saturated carbocycles. The molecule has 27 heavy (non-hydrogen) atoms. The molecule has 0 spiro atoms. The third kappa shape index (κ3) is 3.52.